The van der Waals surface area contributed by atoms with E-state index in [4.69, 9.17) is 11.6 Å². The van der Waals surface area contributed by atoms with Crippen LogP contribution in [-0.2, 0) is 0 Å². The van der Waals surface area contributed by atoms with Crippen LogP contribution in [0.5, 0.6) is 0 Å². The quantitative estimate of drug-likeness (QED) is 0.576. The smallest absolute Gasteiger partial charge is 0.258 e. The Hall–Kier alpha value is -1.95. The minimum absolute atomic E-state index is 0.0769. The van der Waals surface area contributed by atoms with Gasteiger partial charge >= 0.3 is 5.69 Å². The molecule has 2 aromatic rings. The van der Waals surface area contributed by atoms with E-state index in [1.54, 1.807) is 12.1 Å². The van der Waals surface area contributed by atoms with Gasteiger partial charge in [0.15, 0.2) is 0 Å². The maximum Gasteiger partial charge on any atom is 0.313 e. The fourth-order valence-corrected chi connectivity index (χ4v) is 1.44. The molecule has 15 heavy (non-hydrogen) atoms. The van der Waals surface area contributed by atoms with Gasteiger partial charge in [0.05, 0.1) is 4.92 Å². The fourth-order valence-electron chi connectivity index (χ4n) is 1.20. The molecule has 0 aliphatic rings. The summed E-state index contributed by atoms with van der Waals surface area (Å²) >= 11 is 5.74. The zero-order valence-electron chi connectivity index (χ0n) is 7.37. The van der Waals surface area contributed by atoms with Crippen LogP contribution in [0, 0.1) is 10.1 Å². The number of halogens is 1. The zero-order valence-corrected chi connectivity index (χ0v) is 8.13. The van der Waals surface area contributed by atoms with Crippen molar-refractivity contribution in [3.05, 3.63) is 46.0 Å². The molecule has 0 aliphatic carbocycles. The lowest BCUT2D eigenvalue weighted by Gasteiger charge is -2.02. The van der Waals surface area contributed by atoms with E-state index >= 15 is 0 Å². The normalized spacial score (nSPS) is 10.2. The lowest BCUT2D eigenvalue weighted by molar-refractivity contribution is -0.384. The molecule has 0 saturated carbocycles. The molecule has 1 aromatic carbocycles. The van der Waals surface area contributed by atoms with Gasteiger partial charge in [0.2, 0.25) is 0 Å². The van der Waals surface area contributed by atoms with Gasteiger partial charge in [0.25, 0.3) is 0 Å². The Bertz CT molecular complexity index is 497. The highest BCUT2D eigenvalue weighted by atomic mass is 35.5. The second-order valence-electron chi connectivity index (χ2n) is 2.70. The van der Waals surface area contributed by atoms with Crippen molar-refractivity contribution < 1.29 is 4.92 Å². The molecule has 0 N–H and O–H groups in total. The summed E-state index contributed by atoms with van der Waals surface area (Å²) in [5, 5.41) is 14.7. The molecule has 0 aliphatic heterocycles. The molecular formula is C8H5ClN4O2. The van der Waals surface area contributed by atoms with Crippen molar-refractivity contribution in [2.45, 2.75) is 0 Å². The summed E-state index contributed by atoms with van der Waals surface area (Å²) in [6.45, 7) is 0. The molecule has 1 aromatic heterocycles. The monoisotopic (exact) mass is 224 g/mol. The summed E-state index contributed by atoms with van der Waals surface area (Å²) in [6, 6.07) is 4.63. The van der Waals surface area contributed by atoms with Crippen LogP contribution in [0.3, 0.4) is 0 Å². The molecule has 0 radical (unpaired) electrons. The number of nitro groups is 1. The average Bonchev–Trinajstić information content (AvgIpc) is 2.69. The maximum atomic E-state index is 10.8. The largest absolute Gasteiger partial charge is 0.313 e. The molecule has 76 valence electrons. The van der Waals surface area contributed by atoms with Gasteiger partial charge in [0.1, 0.15) is 23.4 Å². The predicted molar refractivity (Wildman–Crippen MR) is 53.0 cm³/mol. The van der Waals surface area contributed by atoms with Crippen LogP contribution in [-0.4, -0.2) is 19.7 Å². The van der Waals surface area contributed by atoms with Crippen molar-refractivity contribution >= 4 is 17.3 Å². The van der Waals surface area contributed by atoms with Gasteiger partial charge in [-0.25, -0.2) is 9.67 Å². The van der Waals surface area contributed by atoms with Crippen LogP contribution in [0.1, 0.15) is 0 Å². The van der Waals surface area contributed by atoms with Gasteiger partial charge in [0, 0.05) is 0 Å². The van der Waals surface area contributed by atoms with Crippen molar-refractivity contribution in [2.75, 3.05) is 0 Å². The Balaban J connectivity index is 2.66. The minimum Gasteiger partial charge on any atom is -0.258 e. The first-order valence-electron chi connectivity index (χ1n) is 3.98. The molecule has 0 unspecified atom stereocenters. The second-order valence-corrected chi connectivity index (χ2v) is 3.11. The van der Waals surface area contributed by atoms with Gasteiger partial charge in [-0.15, -0.1) is 0 Å². The Morgan fingerprint density at radius 3 is 2.87 bits per heavy atom. The number of rotatable bonds is 2. The van der Waals surface area contributed by atoms with Crippen LogP contribution in [0.15, 0.2) is 30.9 Å². The molecular weight excluding hydrogens is 220 g/mol. The number of benzene rings is 1. The lowest BCUT2D eigenvalue weighted by Crippen LogP contribution is -2.00. The summed E-state index contributed by atoms with van der Waals surface area (Å²) in [5.41, 5.74) is 0.120. The van der Waals surface area contributed by atoms with Crippen LogP contribution < -0.4 is 0 Å². The van der Waals surface area contributed by atoms with Crippen molar-refractivity contribution in [3.8, 4) is 5.69 Å². The molecule has 0 saturated heterocycles. The molecule has 0 atom stereocenters. The summed E-state index contributed by atoms with van der Waals surface area (Å²) < 4.78 is 1.30. The molecule has 7 heteroatoms. The highest BCUT2D eigenvalue weighted by molar-refractivity contribution is 6.33. The molecule has 0 spiro atoms. The van der Waals surface area contributed by atoms with Crippen LogP contribution >= 0.6 is 11.6 Å². The number of nitro benzene ring substituents is 1. The maximum absolute atomic E-state index is 10.8. The average molecular weight is 225 g/mol. The van der Waals surface area contributed by atoms with E-state index in [1.807, 2.05) is 0 Å². The topological polar surface area (TPSA) is 73.8 Å². The third-order valence-corrected chi connectivity index (χ3v) is 2.12. The number of nitrogens with zero attached hydrogens (tertiary/aromatic N) is 4. The first-order valence-corrected chi connectivity index (χ1v) is 4.36. The summed E-state index contributed by atoms with van der Waals surface area (Å²) in [5.74, 6) is 0. The number of hydrogen-bond acceptors (Lipinski definition) is 4. The summed E-state index contributed by atoms with van der Waals surface area (Å²) in [4.78, 5) is 14.0. The van der Waals surface area contributed by atoms with E-state index < -0.39 is 4.92 Å². The Morgan fingerprint density at radius 2 is 2.27 bits per heavy atom. The molecule has 1 heterocycles. The fraction of sp³-hybridized carbons (Fsp3) is 0. The van der Waals surface area contributed by atoms with Crippen molar-refractivity contribution in [1.82, 2.24) is 14.8 Å². The standard InChI is InChI=1S/C8H5ClN4O2/c9-6-2-1-3-7(8(6)13(14)15)12-5-10-4-11-12/h1-5H. The van der Waals surface area contributed by atoms with Crippen molar-refractivity contribution in [3.63, 3.8) is 0 Å². The first kappa shape index (κ1) is 9.60. The van der Waals surface area contributed by atoms with Gasteiger partial charge in [-0.3, -0.25) is 10.1 Å². The van der Waals surface area contributed by atoms with Gasteiger partial charge < -0.3 is 0 Å². The van der Waals surface area contributed by atoms with E-state index in [1.165, 1.54) is 23.4 Å². The third kappa shape index (κ3) is 1.66. The Kier molecular flexibility index (Phi) is 2.34. The van der Waals surface area contributed by atoms with Crippen LogP contribution in [0.4, 0.5) is 5.69 Å². The SMILES string of the molecule is O=[N+]([O-])c1c(Cl)cccc1-n1cncn1. The van der Waals surface area contributed by atoms with Crippen molar-refractivity contribution in [1.29, 1.82) is 0 Å². The number of hydrogen-bond donors (Lipinski definition) is 0. The van der Waals surface area contributed by atoms with E-state index in [-0.39, 0.29) is 10.7 Å². The lowest BCUT2D eigenvalue weighted by atomic mass is 10.3. The first-order chi connectivity index (χ1) is 7.20. The molecule has 6 nitrogen and oxygen atoms in total. The summed E-state index contributed by atoms with van der Waals surface area (Å²) in [6.07, 6.45) is 2.67. The highest BCUT2D eigenvalue weighted by Gasteiger charge is 2.19. The Morgan fingerprint density at radius 1 is 1.47 bits per heavy atom. The Labute approximate surface area is 89.3 Å². The van der Waals surface area contributed by atoms with Gasteiger partial charge in [-0.1, -0.05) is 17.7 Å². The molecule has 2 rings (SSSR count). The summed E-state index contributed by atoms with van der Waals surface area (Å²) in [7, 11) is 0. The van der Waals surface area contributed by atoms with Gasteiger partial charge in [-0.2, -0.15) is 5.10 Å². The van der Waals surface area contributed by atoms with E-state index in [2.05, 4.69) is 10.1 Å². The van der Waals surface area contributed by atoms with E-state index in [0.29, 0.717) is 5.69 Å². The zero-order chi connectivity index (χ0) is 10.8. The van der Waals surface area contributed by atoms with Crippen LogP contribution in [0.2, 0.25) is 5.02 Å². The molecule has 0 fully saturated rings. The second kappa shape index (κ2) is 3.66. The van der Waals surface area contributed by atoms with Gasteiger partial charge in [-0.05, 0) is 12.1 Å². The van der Waals surface area contributed by atoms with Crippen molar-refractivity contribution in [2.24, 2.45) is 0 Å². The van der Waals surface area contributed by atoms with Crippen LogP contribution in [0.25, 0.3) is 5.69 Å². The number of para-hydroxylation sites is 1. The number of aromatic nitrogens is 3. The predicted octanol–water partition coefficient (Wildman–Crippen LogP) is 1.83. The molecule has 0 bridgehead atoms. The highest BCUT2D eigenvalue weighted by Crippen LogP contribution is 2.30. The van der Waals surface area contributed by atoms with E-state index in [0.717, 1.165) is 0 Å². The minimum atomic E-state index is -0.542. The third-order valence-electron chi connectivity index (χ3n) is 1.81. The molecule has 0 amide bonds. The van der Waals surface area contributed by atoms with E-state index in [9.17, 15) is 10.1 Å².